The smallest absolute Gasteiger partial charge is 0.240 e. The van der Waals surface area contributed by atoms with Crippen LogP contribution in [0.2, 0.25) is 0 Å². The maximum atomic E-state index is 12.5. The van der Waals surface area contributed by atoms with Crippen molar-refractivity contribution in [1.82, 2.24) is 4.72 Å². The fourth-order valence-electron chi connectivity index (χ4n) is 3.01. The summed E-state index contributed by atoms with van der Waals surface area (Å²) in [6.45, 7) is 2.33. The molecule has 0 fully saturated rings. The summed E-state index contributed by atoms with van der Waals surface area (Å²) in [7, 11) is -3.55. The van der Waals surface area contributed by atoms with E-state index in [1.165, 1.54) is 0 Å². The molecule has 0 aliphatic heterocycles. The third-order valence-electron chi connectivity index (χ3n) is 4.76. The third kappa shape index (κ3) is 6.54. The Bertz CT molecular complexity index is 1060. The maximum Gasteiger partial charge on any atom is 0.240 e. The minimum Gasteiger partial charge on any atom is -0.326 e. The highest BCUT2D eigenvalue weighted by Gasteiger charge is 2.13. The number of rotatable bonds is 9. The topological polar surface area (TPSA) is 75.3 Å². The minimum atomic E-state index is -3.55. The van der Waals surface area contributed by atoms with E-state index in [-0.39, 0.29) is 10.8 Å². The van der Waals surface area contributed by atoms with E-state index in [1.807, 2.05) is 61.5 Å². The average Bonchev–Trinajstić information content (AvgIpc) is 2.75. The standard InChI is InChI=1S/C24H26N2O3S/c1-19-7-12-22(13-8-19)26-24(27)16-11-21-9-14-23(15-10-21)30(28,29)25-18-17-20-5-3-2-4-6-20/h2-10,12-15,25H,11,16-18H2,1H3,(H,26,27). The van der Waals surface area contributed by atoms with Gasteiger partial charge in [0.15, 0.2) is 0 Å². The molecule has 6 heteroatoms. The Morgan fingerprint density at radius 2 is 1.43 bits per heavy atom. The van der Waals surface area contributed by atoms with Crippen LogP contribution in [0.15, 0.2) is 83.8 Å². The van der Waals surface area contributed by atoms with Gasteiger partial charge in [-0.1, -0.05) is 60.2 Å². The lowest BCUT2D eigenvalue weighted by Gasteiger charge is -2.08. The van der Waals surface area contributed by atoms with Crippen LogP contribution in [0.4, 0.5) is 5.69 Å². The molecular weight excluding hydrogens is 396 g/mol. The lowest BCUT2D eigenvalue weighted by molar-refractivity contribution is -0.116. The Balaban J connectivity index is 1.48. The first-order chi connectivity index (χ1) is 14.4. The predicted molar refractivity (Wildman–Crippen MR) is 120 cm³/mol. The molecule has 3 aromatic carbocycles. The molecule has 2 N–H and O–H groups in total. The monoisotopic (exact) mass is 422 g/mol. The van der Waals surface area contributed by atoms with E-state index in [0.29, 0.717) is 25.8 Å². The number of carbonyl (C=O) groups is 1. The van der Waals surface area contributed by atoms with Gasteiger partial charge in [-0.25, -0.2) is 13.1 Å². The second-order valence-corrected chi connectivity index (χ2v) is 8.96. The summed E-state index contributed by atoms with van der Waals surface area (Å²) in [5, 5.41) is 2.87. The summed E-state index contributed by atoms with van der Waals surface area (Å²) in [5.41, 5.74) is 3.91. The molecule has 3 rings (SSSR count). The molecule has 30 heavy (non-hydrogen) atoms. The van der Waals surface area contributed by atoms with Crippen LogP contribution in [0.25, 0.3) is 0 Å². The van der Waals surface area contributed by atoms with Crippen molar-refractivity contribution in [2.75, 3.05) is 11.9 Å². The minimum absolute atomic E-state index is 0.0712. The van der Waals surface area contributed by atoms with Crippen molar-refractivity contribution in [2.24, 2.45) is 0 Å². The molecule has 5 nitrogen and oxygen atoms in total. The molecule has 0 bridgehead atoms. The number of carbonyl (C=O) groups excluding carboxylic acids is 1. The van der Waals surface area contributed by atoms with Crippen LogP contribution in [-0.4, -0.2) is 20.9 Å². The number of hydrogen-bond donors (Lipinski definition) is 2. The van der Waals surface area contributed by atoms with Crippen LogP contribution < -0.4 is 10.0 Å². The maximum absolute atomic E-state index is 12.5. The Morgan fingerprint density at radius 3 is 2.10 bits per heavy atom. The van der Waals surface area contributed by atoms with Crippen molar-refractivity contribution >= 4 is 21.6 Å². The quantitative estimate of drug-likeness (QED) is 0.545. The van der Waals surface area contributed by atoms with E-state index in [0.717, 1.165) is 22.4 Å². The van der Waals surface area contributed by atoms with E-state index in [9.17, 15) is 13.2 Å². The van der Waals surface area contributed by atoms with Gasteiger partial charge in [-0.05, 0) is 55.2 Å². The molecule has 156 valence electrons. The number of benzene rings is 3. The first-order valence-corrected chi connectivity index (χ1v) is 11.4. The molecule has 0 heterocycles. The Kier molecular flexibility index (Phi) is 7.38. The average molecular weight is 423 g/mol. The second kappa shape index (κ2) is 10.2. The SMILES string of the molecule is Cc1ccc(NC(=O)CCc2ccc(S(=O)(=O)NCCc3ccccc3)cc2)cc1. The molecule has 0 atom stereocenters. The van der Waals surface area contributed by atoms with Crippen molar-refractivity contribution < 1.29 is 13.2 Å². The molecule has 0 saturated heterocycles. The van der Waals surface area contributed by atoms with Crippen molar-refractivity contribution in [2.45, 2.75) is 31.1 Å². The van der Waals surface area contributed by atoms with E-state index < -0.39 is 10.0 Å². The van der Waals surface area contributed by atoms with Crippen LogP contribution >= 0.6 is 0 Å². The fraction of sp³-hybridized carbons (Fsp3) is 0.208. The van der Waals surface area contributed by atoms with E-state index in [4.69, 9.17) is 0 Å². The van der Waals surface area contributed by atoms with Crippen molar-refractivity contribution in [1.29, 1.82) is 0 Å². The van der Waals surface area contributed by atoms with Crippen molar-refractivity contribution in [3.63, 3.8) is 0 Å². The molecule has 0 radical (unpaired) electrons. The number of anilines is 1. The molecule has 0 aliphatic carbocycles. The van der Waals surface area contributed by atoms with Gasteiger partial charge in [-0.3, -0.25) is 4.79 Å². The molecular formula is C24H26N2O3S. The lowest BCUT2D eigenvalue weighted by atomic mass is 10.1. The summed E-state index contributed by atoms with van der Waals surface area (Å²) >= 11 is 0. The molecule has 0 unspecified atom stereocenters. The molecule has 0 spiro atoms. The van der Waals surface area contributed by atoms with Crippen LogP contribution in [0.3, 0.4) is 0 Å². The molecule has 3 aromatic rings. The summed E-state index contributed by atoms with van der Waals surface area (Å²) in [6, 6.07) is 24.1. The normalized spacial score (nSPS) is 11.2. The third-order valence-corrected chi connectivity index (χ3v) is 6.24. The van der Waals surface area contributed by atoms with Gasteiger partial charge in [0.25, 0.3) is 0 Å². The van der Waals surface area contributed by atoms with E-state index in [1.54, 1.807) is 24.3 Å². The zero-order valence-corrected chi connectivity index (χ0v) is 17.8. The van der Waals surface area contributed by atoms with Gasteiger partial charge in [-0.15, -0.1) is 0 Å². The zero-order chi connectivity index (χ0) is 21.4. The number of amides is 1. The molecule has 0 saturated carbocycles. The number of sulfonamides is 1. The highest BCUT2D eigenvalue weighted by Crippen LogP contribution is 2.13. The van der Waals surface area contributed by atoms with Gasteiger partial charge in [0.2, 0.25) is 15.9 Å². The second-order valence-electron chi connectivity index (χ2n) is 7.19. The molecule has 1 amide bonds. The van der Waals surface area contributed by atoms with Gasteiger partial charge in [-0.2, -0.15) is 0 Å². The van der Waals surface area contributed by atoms with Crippen molar-refractivity contribution in [3.05, 3.63) is 95.6 Å². The number of aryl methyl sites for hydroxylation is 2. The summed E-state index contributed by atoms with van der Waals surface area (Å²) in [6.07, 6.45) is 1.50. The van der Waals surface area contributed by atoms with Crippen LogP contribution in [0.5, 0.6) is 0 Å². The molecule has 0 aromatic heterocycles. The zero-order valence-electron chi connectivity index (χ0n) is 17.0. The predicted octanol–water partition coefficient (Wildman–Crippen LogP) is 4.09. The largest absolute Gasteiger partial charge is 0.326 e. The Labute approximate surface area is 178 Å². The number of nitrogens with one attached hydrogen (secondary N) is 2. The summed E-state index contributed by atoms with van der Waals surface area (Å²) in [4.78, 5) is 12.3. The fourth-order valence-corrected chi connectivity index (χ4v) is 4.04. The van der Waals surface area contributed by atoms with Gasteiger partial charge >= 0.3 is 0 Å². The van der Waals surface area contributed by atoms with Crippen LogP contribution in [0.1, 0.15) is 23.1 Å². The lowest BCUT2D eigenvalue weighted by Crippen LogP contribution is -2.26. The summed E-state index contributed by atoms with van der Waals surface area (Å²) in [5.74, 6) is -0.0712. The van der Waals surface area contributed by atoms with Gasteiger partial charge in [0.05, 0.1) is 4.90 Å². The van der Waals surface area contributed by atoms with Gasteiger partial charge < -0.3 is 5.32 Å². The molecule has 0 aliphatic rings. The van der Waals surface area contributed by atoms with E-state index >= 15 is 0 Å². The summed E-state index contributed by atoms with van der Waals surface area (Å²) < 4.78 is 27.5. The van der Waals surface area contributed by atoms with Crippen LogP contribution in [-0.2, 0) is 27.7 Å². The first kappa shape index (κ1) is 21.7. The highest BCUT2D eigenvalue weighted by atomic mass is 32.2. The van der Waals surface area contributed by atoms with E-state index in [2.05, 4.69) is 10.0 Å². The van der Waals surface area contributed by atoms with Crippen LogP contribution in [0, 0.1) is 6.92 Å². The highest BCUT2D eigenvalue weighted by molar-refractivity contribution is 7.89. The first-order valence-electron chi connectivity index (χ1n) is 9.91. The van der Waals surface area contributed by atoms with Gasteiger partial charge in [0.1, 0.15) is 0 Å². The Hall–Kier alpha value is -2.96. The van der Waals surface area contributed by atoms with Gasteiger partial charge in [0, 0.05) is 18.7 Å². The van der Waals surface area contributed by atoms with Crippen molar-refractivity contribution in [3.8, 4) is 0 Å². The number of hydrogen-bond acceptors (Lipinski definition) is 3. The Morgan fingerprint density at radius 1 is 0.800 bits per heavy atom.